The van der Waals surface area contributed by atoms with Crippen LogP contribution in [0.4, 0.5) is 0 Å². The summed E-state index contributed by atoms with van der Waals surface area (Å²) >= 11 is 11.7. The fourth-order valence-corrected chi connectivity index (χ4v) is 5.76. The van der Waals surface area contributed by atoms with Crippen molar-refractivity contribution in [3.8, 4) is 0 Å². The molecule has 30 heavy (non-hydrogen) atoms. The Morgan fingerprint density at radius 1 is 0.767 bits per heavy atom. The predicted molar refractivity (Wildman–Crippen MR) is 118 cm³/mol. The van der Waals surface area contributed by atoms with Gasteiger partial charge in [0.2, 0.25) is 19.9 Å². The molecule has 0 spiro atoms. The van der Waals surface area contributed by atoms with Gasteiger partial charge in [0.1, 0.15) is 0 Å². The minimum absolute atomic E-state index is 0.0369. The smallest absolute Gasteiger partial charge is 0.219 e. The predicted octanol–water partition coefficient (Wildman–Crippen LogP) is 4.66. The van der Waals surface area contributed by atoms with Crippen molar-refractivity contribution in [3.05, 3.63) is 87.9 Å². The minimum atomic E-state index is -3.90. The summed E-state index contributed by atoms with van der Waals surface area (Å²) in [6.07, 6.45) is 0.470. The molecule has 0 atom stereocenters. The Morgan fingerprint density at radius 2 is 1.30 bits per heavy atom. The molecule has 0 amide bonds. The highest BCUT2D eigenvalue weighted by atomic mass is 35.5. The number of benzene rings is 3. The van der Waals surface area contributed by atoms with Gasteiger partial charge >= 0.3 is 0 Å². The third kappa shape index (κ3) is 5.22. The third-order valence-corrected chi connectivity index (χ3v) is 8.38. The van der Waals surface area contributed by atoms with Crippen LogP contribution in [-0.2, 0) is 26.3 Å². The number of rotatable bonds is 7. The highest BCUT2D eigenvalue weighted by molar-refractivity contribution is 7.91. The van der Waals surface area contributed by atoms with E-state index in [4.69, 9.17) is 23.2 Å². The van der Waals surface area contributed by atoms with Gasteiger partial charge in [0, 0.05) is 16.6 Å². The van der Waals surface area contributed by atoms with Crippen molar-refractivity contribution in [1.29, 1.82) is 0 Å². The highest BCUT2D eigenvalue weighted by Crippen LogP contribution is 2.26. The summed E-state index contributed by atoms with van der Waals surface area (Å²) in [5.74, 6) is 0. The maximum Gasteiger partial charge on any atom is 0.240 e. The van der Waals surface area contributed by atoms with Crippen LogP contribution in [0.2, 0.25) is 10.0 Å². The zero-order valence-electron chi connectivity index (χ0n) is 16.0. The summed E-state index contributed by atoms with van der Waals surface area (Å²) in [5.41, 5.74) is 1.38. The van der Waals surface area contributed by atoms with E-state index in [0.29, 0.717) is 22.0 Å². The summed E-state index contributed by atoms with van der Waals surface area (Å²) < 4.78 is 53.9. The first-order valence-corrected chi connectivity index (χ1v) is 12.7. The van der Waals surface area contributed by atoms with Gasteiger partial charge in [-0.1, -0.05) is 41.4 Å². The number of sulfone groups is 1. The monoisotopic (exact) mass is 483 g/mol. The van der Waals surface area contributed by atoms with Gasteiger partial charge in [-0.2, -0.15) is 0 Å². The minimum Gasteiger partial charge on any atom is -0.219 e. The van der Waals surface area contributed by atoms with Crippen molar-refractivity contribution < 1.29 is 16.8 Å². The molecule has 0 heterocycles. The molecule has 3 aromatic carbocycles. The molecule has 0 aliphatic carbocycles. The largest absolute Gasteiger partial charge is 0.240 e. The van der Waals surface area contributed by atoms with Crippen LogP contribution in [0, 0.1) is 6.92 Å². The van der Waals surface area contributed by atoms with E-state index in [1.807, 2.05) is 12.1 Å². The summed E-state index contributed by atoms with van der Waals surface area (Å²) in [6.45, 7) is 1.78. The lowest BCUT2D eigenvalue weighted by Gasteiger charge is -2.12. The molecule has 0 fully saturated rings. The zero-order valence-corrected chi connectivity index (χ0v) is 19.1. The molecule has 0 unspecified atom stereocenters. The van der Waals surface area contributed by atoms with Crippen molar-refractivity contribution in [3.63, 3.8) is 0 Å². The van der Waals surface area contributed by atoms with Gasteiger partial charge in [0.15, 0.2) is 0 Å². The zero-order chi connectivity index (χ0) is 21.9. The number of aryl methyl sites for hydroxylation is 1. The first kappa shape index (κ1) is 22.8. The lowest BCUT2D eigenvalue weighted by atomic mass is 10.2. The van der Waals surface area contributed by atoms with E-state index in [-0.39, 0.29) is 21.2 Å². The van der Waals surface area contributed by atoms with Crippen LogP contribution in [0.5, 0.6) is 0 Å². The fourth-order valence-electron chi connectivity index (χ4n) is 2.85. The van der Waals surface area contributed by atoms with Crippen LogP contribution < -0.4 is 4.72 Å². The molecule has 0 bridgehead atoms. The Kier molecular flexibility index (Phi) is 6.89. The maximum absolute atomic E-state index is 12.9. The highest BCUT2D eigenvalue weighted by Gasteiger charge is 2.23. The lowest BCUT2D eigenvalue weighted by molar-refractivity contribution is 0.580. The molecular formula is C21H19Cl2NO4S2. The quantitative estimate of drug-likeness (QED) is 0.529. The van der Waals surface area contributed by atoms with Crippen LogP contribution in [0.1, 0.15) is 11.1 Å². The normalized spacial score (nSPS) is 12.1. The molecule has 0 saturated heterocycles. The molecule has 0 aliphatic heterocycles. The van der Waals surface area contributed by atoms with Crippen molar-refractivity contribution in [2.45, 2.75) is 28.0 Å². The van der Waals surface area contributed by atoms with E-state index in [1.165, 1.54) is 42.5 Å². The van der Waals surface area contributed by atoms with Crippen molar-refractivity contribution in [2.24, 2.45) is 0 Å². The van der Waals surface area contributed by atoms with Crippen LogP contribution in [0.15, 0.2) is 81.4 Å². The molecule has 3 rings (SSSR count). The molecule has 0 saturated carbocycles. The molecule has 1 N–H and O–H groups in total. The molecule has 0 radical (unpaired) electrons. The number of sulfonamides is 1. The van der Waals surface area contributed by atoms with Gasteiger partial charge in [-0.25, -0.2) is 21.6 Å². The van der Waals surface area contributed by atoms with Gasteiger partial charge < -0.3 is 0 Å². The lowest BCUT2D eigenvalue weighted by Crippen LogP contribution is -2.27. The Morgan fingerprint density at radius 3 is 1.90 bits per heavy atom. The molecular weight excluding hydrogens is 465 g/mol. The summed E-state index contributed by atoms with van der Waals surface area (Å²) in [5, 5.41) is 1.01. The van der Waals surface area contributed by atoms with E-state index in [2.05, 4.69) is 4.72 Å². The summed E-state index contributed by atoms with van der Waals surface area (Å²) in [7, 11) is -7.79. The second-order valence-electron chi connectivity index (χ2n) is 6.66. The van der Waals surface area contributed by atoms with Crippen LogP contribution in [0.3, 0.4) is 0 Å². The van der Waals surface area contributed by atoms with Crippen LogP contribution in [0.25, 0.3) is 0 Å². The maximum atomic E-state index is 12.9. The first-order valence-electron chi connectivity index (χ1n) is 8.95. The van der Waals surface area contributed by atoms with Gasteiger partial charge in [0.25, 0.3) is 0 Å². The van der Waals surface area contributed by atoms with Crippen LogP contribution >= 0.6 is 23.2 Å². The first-order chi connectivity index (χ1) is 14.1. The van der Waals surface area contributed by atoms with Gasteiger partial charge in [0.05, 0.1) is 14.7 Å². The molecule has 5 nitrogen and oxygen atoms in total. The molecule has 158 valence electrons. The summed E-state index contributed by atoms with van der Waals surface area (Å²) in [6, 6.07) is 16.9. The average Bonchev–Trinajstić information content (AvgIpc) is 2.70. The topological polar surface area (TPSA) is 80.3 Å². The van der Waals surface area contributed by atoms with Gasteiger partial charge in [-0.3, -0.25) is 0 Å². The van der Waals surface area contributed by atoms with Crippen molar-refractivity contribution in [1.82, 2.24) is 4.72 Å². The summed E-state index contributed by atoms with van der Waals surface area (Å²) in [4.78, 5) is -0.142. The second-order valence-corrected chi connectivity index (χ2v) is 11.2. The second kappa shape index (κ2) is 9.08. The Hall–Kier alpha value is -1.90. The number of hydrogen-bond donors (Lipinski definition) is 1. The molecule has 9 heteroatoms. The van der Waals surface area contributed by atoms with Crippen LogP contribution in [-0.4, -0.2) is 23.4 Å². The van der Waals surface area contributed by atoms with Gasteiger partial charge in [-0.15, -0.1) is 0 Å². The van der Waals surface area contributed by atoms with Gasteiger partial charge in [-0.05, 0) is 73.0 Å². The van der Waals surface area contributed by atoms with E-state index in [0.717, 1.165) is 5.56 Å². The Balaban J connectivity index is 1.84. The van der Waals surface area contributed by atoms with E-state index in [9.17, 15) is 16.8 Å². The standard InChI is InChI=1S/C21H19Cl2NO4S2/c1-15-2-9-20(29(25,26)19-10-7-18(23)8-11-19)14-21(15)30(27,28)24-13-12-16-3-5-17(22)6-4-16/h2-11,14,24H,12-13H2,1H3. The molecule has 0 aromatic heterocycles. The Labute approximate surface area is 186 Å². The number of nitrogens with one attached hydrogen (secondary N) is 1. The number of halogens is 2. The van der Waals surface area contributed by atoms with Crippen molar-refractivity contribution >= 4 is 43.1 Å². The fraction of sp³-hybridized carbons (Fsp3) is 0.143. The van der Waals surface area contributed by atoms with Crippen molar-refractivity contribution in [2.75, 3.05) is 6.54 Å². The van der Waals surface area contributed by atoms with E-state index < -0.39 is 19.9 Å². The molecule has 0 aliphatic rings. The third-order valence-electron chi connectivity index (χ3n) is 4.50. The van der Waals surface area contributed by atoms with E-state index >= 15 is 0 Å². The average molecular weight is 484 g/mol. The van der Waals surface area contributed by atoms with E-state index in [1.54, 1.807) is 19.1 Å². The Bertz CT molecular complexity index is 1260. The molecule has 3 aromatic rings. The number of hydrogen-bond acceptors (Lipinski definition) is 4. The SMILES string of the molecule is Cc1ccc(S(=O)(=O)c2ccc(Cl)cc2)cc1S(=O)(=O)NCCc1ccc(Cl)cc1.